The van der Waals surface area contributed by atoms with Crippen LogP contribution in [-0.2, 0) is 14.3 Å². The predicted molar refractivity (Wildman–Crippen MR) is 85.2 cm³/mol. The minimum absolute atomic E-state index is 0.116. The molecule has 0 aromatic rings. The van der Waals surface area contributed by atoms with Crippen molar-refractivity contribution in [2.75, 3.05) is 7.11 Å². The van der Waals surface area contributed by atoms with Crippen molar-refractivity contribution in [3.63, 3.8) is 0 Å². The van der Waals surface area contributed by atoms with Crippen LogP contribution in [0.5, 0.6) is 0 Å². The zero-order valence-electron chi connectivity index (χ0n) is 14.5. The fraction of sp³-hybridized carbons (Fsp3) is 0.895. The molecule has 0 spiro atoms. The Morgan fingerprint density at radius 2 is 1.86 bits per heavy atom. The average Bonchev–Trinajstić information content (AvgIpc) is 2.45. The summed E-state index contributed by atoms with van der Waals surface area (Å²) in [6, 6.07) is 0. The van der Waals surface area contributed by atoms with E-state index in [1.54, 1.807) is 0 Å². The molecule has 0 aliphatic heterocycles. The van der Waals surface area contributed by atoms with Gasteiger partial charge < -0.3 is 4.74 Å². The number of rotatable bonds is 1. The molecule has 3 aliphatic carbocycles. The number of carbonyl (C=O) groups is 2. The van der Waals surface area contributed by atoms with E-state index in [1.807, 2.05) is 0 Å². The number of carbonyl (C=O) groups excluding carboxylic acids is 2. The van der Waals surface area contributed by atoms with E-state index in [0.717, 1.165) is 25.2 Å². The van der Waals surface area contributed by atoms with Crippen LogP contribution in [0.2, 0.25) is 0 Å². The molecule has 124 valence electrons. The molecule has 0 aromatic heterocycles. The van der Waals surface area contributed by atoms with Crippen molar-refractivity contribution in [2.45, 2.75) is 65.7 Å². The van der Waals surface area contributed by atoms with Crippen LogP contribution in [0.1, 0.15) is 65.7 Å². The standard InChI is InChI=1S/C19H30O3/c1-18(2)10-5-11-19(3)13-7-8-14(20)16(17(21)22-4)12(13)6-9-15(18)19/h12-13,15-16H,5-11H2,1-4H3/t12-,13-,15+,16+,19+/m1/s1. The van der Waals surface area contributed by atoms with Crippen LogP contribution in [0.4, 0.5) is 0 Å². The van der Waals surface area contributed by atoms with Crippen molar-refractivity contribution >= 4 is 11.8 Å². The van der Waals surface area contributed by atoms with Crippen molar-refractivity contribution in [2.24, 2.45) is 34.5 Å². The predicted octanol–water partition coefficient (Wildman–Crippen LogP) is 4.00. The number of fused-ring (bicyclic) bond motifs is 3. The Bertz CT molecular complexity index is 473. The molecule has 22 heavy (non-hydrogen) atoms. The molecule has 3 nitrogen and oxygen atoms in total. The molecule has 0 aromatic carbocycles. The van der Waals surface area contributed by atoms with Crippen LogP contribution in [-0.4, -0.2) is 18.9 Å². The van der Waals surface area contributed by atoms with E-state index in [0.29, 0.717) is 17.8 Å². The van der Waals surface area contributed by atoms with Gasteiger partial charge in [-0.25, -0.2) is 0 Å². The van der Waals surface area contributed by atoms with Gasteiger partial charge in [0.05, 0.1) is 7.11 Å². The number of Topliss-reactive ketones (excluding diaryl/α,β-unsaturated/α-hetero) is 1. The summed E-state index contributed by atoms with van der Waals surface area (Å²) >= 11 is 0. The fourth-order valence-corrected chi connectivity index (χ4v) is 6.45. The maximum absolute atomic E-state index is 12.3. The molecule has 3 aliphatic rings. The molecule has 0 amide bonds. The minimum atomic E-state index is -0.494. The van der Waals surface area contributed by atoms with Gasteiger partial charge in [0.2, 0.25) is 0 Å². The largest absolute Gasteiger partial charge is 0.468 e. The van der Waals surface area contributed by atoms with Crippen molar-refractivity contribution in [3.05, 3.63) is 0 Å². The van der Waals surface area contributed by atoms with Crippen LogP contribution < -0.4 is 0 Å². The molecule has 3 rings (SSSR count). The summed E-state index contributed by atoms with van der Waals surface area (Å²) in [6.07, 6.45) is 7.55. The Hall–Kier alpha value is -0.860. The van der Waals surface area contributed by atoms with E-state index in [9.17, 15) is 9.59 Å². The first-order valence-electron chi connectivity index (χ1n) is 8.92. The number of esters is 1. The van der Waals surface area contributed by atoms with Gasteiger partial charge >= 0.3 is 5.97 Å². The molecule has 3 heteroatoms. The molecular formula is C19H30O3. The molecular weight excluding hydrogens is 276 g/mol. The summed E-state index contributed by atoms with van der Waals surface area (Å²) in [5.74, 6) is 0.770. The first kappa shape index (κ1) is 16.0. The van der Waals surface area contributed by atoms with Crippen LogP contribution in [0.3, 0.4) is 0 Å². The Balaban J connectivity index is 1.94. The monoisotopic (exact) mass is 306 g/mol. The normalized spacial score (nSPS) is 43.9. The van der Waals surface area contributed by atoms with E-state index < -0.39 is 5.92 Å². The molecule has 0 unspecified atom stereocenters. The smallest absolute Gasteiger partial charge is 0.316 e. The van der Waals surface area contributed by atoms with Crippen LogP contribution >= 0.6 is 0 Å². The van der Waals surface area contributed by atoms with Gasteiger partial charge in [-0.3, -0.25) is 9.59 Å². The summed E-state index contributed by atoms with van der Waals surface area (Å²) in [4.78, 5) is 24.5. The molecule has 0 heterocycles. The number of methoxy groups -OCH3 is 1. The Morgan fingerprint density at radius 1 is 1.14 bits per heavy atom. The van der Waals surface area contributed by atoms with Gasteiger partial charge in [0.25, 0.3) is 0 Å². The second-order valence-corrected chi connectivity index (χ2v) is 8.75. The highest BCUT2D eigenvalue weighted by atomic mass is 16.5. The summed E-state index contributed by atoms with van der Waals surface area (Å²) in [7, 11) is 1.41. The minimum Gasteiger partial charge on any atom is -0.468 e. The molecule has 0 saturated heterocycles. The van der Waals surface area contributed by atoms with E-state index in [1.165, 1.54) is 26.4 Å². The maximum Gasteiger partial charge on any atom is 0.316 e. The van der Waals surface area contributed by atoms with Crippen molar-refractivity contribution in [3.8, 4) is 0 Å². The summed E-state index contributed by atoms with van der Waals surface area (Å²) in [6.45, 7) is 7.28. The highest BCUT2D eigenvalue weighted by Crippen LogP contribution is 2.64. The first-order valence-corrected chi connectivity index (χ1v) is 8.92. The van der Waals surface area contributed by atoms with E-state index in [4.69, 9.17) is 4.74 Å². The van der Waals surface area contributed by atoms with Gasteiger partial charge in [-0.15, -0.1) is 0 Å². The van der Waals surface area contributed by atoms with Gasteiger partial charge in [-0.2, -0.15) is 0 Å². The number of ketones is 1. The third-order valence-electron chi connectivity index (χ3n) is 7.36. The Labute approximate surface area is 134 Å². The van der Waals surface area contributed by atoms with E-state index >= 15 is 0 Å². The fourth-order valence-electron chi connectivity index (χ4n) is 6.45. The van der Waals surface area contributed by atoms with Crippen LogP contribution in [0.15, 0.2) is 0 Å². The lowest BCUT2D eigenvalue weighted by molar-refractivity contribution is -0.166. The lowest BCUT2D eigenvalue weighted by Gasteiger charge is -2.61. The first-order chi connectivity index (χ1) is 10.3. The van der Waals surface area contributed by atoms with Crippen LogP contribution in [0, 0.1) is 34.5 Å². The Morgan fingerprint density at radius 3 is 2.55 bits per heavy atom. The molecule has 0 radical (unpaired) electrons. The summed E-state index contributed by atoms with van der Waals surface area (Å²) < 4.78 is 4.96. The molecule has 0 N–H and O–H groups in total. The lowest BCUT2D eigenvalue weighted by atomic mass is 9.43. The van der Waals surface area contributed by atoms with E-state index in [-0.39, 0.29) is 23.1 Å². The van der Waals surface area contributed by atoms with Gasteiger partial charge in [-0.1, -0.05) is 27.2 Å². The summed E-state index contributed by atoms with van der Waals surface area (Å²) in [5.41, 5.74) is 0.678. The van der Waals surface area contributed by atoms with Crippen molar-refractivity contribution in [1.82, 2.24) is 0 Å². The van der Waals surface area contributed by atoms with Gasteiger partial charge in [-0.05, 0) is 60.7 Å². The SMILES string of the molecule is COC(=O)[C@@H]1C(=O)CC[C@@H]2[C@H]1CC[C@H]1C(C)(C)CCC[C@@]21C. The molecule has 5 atom stereocenters. The highest BCUT2D eigenvalue weighted by molar-refractivity contribution is 5.99. The number of hydrogen-bond acceptors (Lipinski definition) is 3. The molecule has 3 saturated carbocycles. The molecule has 0 bridgehead atoms. The number of ether oxygens (including phenoxy) is 1. The molecule has 3 fully saturated rings. The van der Waals surface area contributed by atoms with Crippen LogP contribution in [0.25, 0.3) is 0 Å². The average molecular weight is 306 g/mol. The Kier molecular flexibility index (Phi) is 3.89. The zero-order valence-corrected chi connectivity index (χ0v) is 14.5. The third-order valence-corrected chi connectivity index (χ3v) is 7.36. The quantitative estimate of drug-likeness (QED) is 0.543. The van der Waals surface area contributed by atoms with Gasteiger partial charge in [0.15, 0.2) is 0 Å². The van der Waals surface area contributed by atoms with Gasteiger partial charge in [0.1, 0.15) is 11.7 Å². The second kappa shape index (κ2) is 5.35. The zero-order chi connectivity index (χ0) is 16.1. The summed E-state index contributed by atoms with van der Waals surface area (Å²) in [5, 5.41) is 0. The maximum atomic E-state index is 12.3. The lowest BCUT2D eigenvalue weighted by Crippen LogP contribution is -2.56. The van der Waals surface area contributed by atoms with Crippen molar-refractivity contribution in [1.29, 1.82) is 0 Å². The highest BCUT2D eigenvalue weighted by Gasteiger charge is 2.58. The topological polar surface area (TPSA) is 43.4 Å². The van der Waals surface area contributed by atoms with E-state index in [2.05, 4.69) is 20.8 Å². The van der Waals surface area contributed by atoms with Crippen molar-refractivity contribution < 1.29 is 14.3 Å². The van der Waals surface area contributed by atoms with Gasteiger partial charge in [0, 0.05) is 6.42 Å². The third kappa shape index (κ3) is 2.23. The second-order valence-electron chi connectivity index (χ2n) is 8.75. The number of hydrogen-bond donors (Lipinski definition) is 0.